The van der Waals surface area contributed by atoms with E-state index in [2.05, 4.69) is 10.0 Å². The van der Waals surface area contributed by atoms with Gasteiger partial charge in [0.2, 0.25) is 10.0 Å². The number of halogens is 1. The van der Waals surface area contributed by atoms with E-state index in [1.165, 1.54) is 17.7 Å². The van der Waals surface area contributed by atoms with Crippen molar-refractivity contribution in [3.8, 4) is 0 Å². The SMILES string of the molecule is Cc1ccc([N+](=O)[O-])cc1S(=O)(=O)NCC1NCCc2ccccc21.Cl. The van der Waals surface area contributed by atoms with Crippen molar-refractivity contribution in [2.24, 2.45) is 0 Å². The van der Waals surface area contributed by atoms with E-state index in [9.17, 15) is 18.5 Å². The van der Waals surface area contributed by atoms with E-state index in [4.69, 9.17) is 0 Å². The molecular weight excluding hydrogens is 378 g/mol. The van der Waals surface area contributed by atoms with E-state index in [0.717, 1.165) is 24.6 Å². The zero-order chi connectivity index (χ0) is 18.0. The first-order chi connectivity index (χ1) is 11.9. The quantitative estimate of drug-likeness (QED) is 0.596. The van der Waals surface area contributed by atoms with Gasteiger partial charge in [-0.15, -0.1) is 12.4 Å². The Kier molecular flexibility index (Phi) is 6.35. The van der Waals surface area contributed by atoms with Crippen molar-refractivity contribution in [2.75, 3.05) is 13.1 Å². The molecule has 0 saturated heterocycles. The van der Waals surface area contributed by atoms with Crippen molar-refractivity contribution >= 4 is 28.1 Å². The van der Waals surface area contributed by atoms with Crippen molar-refractivity contribution in [3.63, 3.8) is 0 Å². The number of nitro benzene ring substituents is 1. The minimum absolute atomic E-state index is 0. The summed E-state index contributed by atoms with van der Waals surface area (Å²) in [6, 6.07) is 11.6. The molecule has 140 valence electrons. The second-order valence-electron chi connectivity index (χ2n) is 6.01. The van der Waals surface area contributed by atoms with Crippen LogP contribution < -0.4 is 10.0 Å². The third-order valence-corrected chi connectivity index (χ3v) is 5.93. The third-order valence-electron chi connectivity index (χ3n) is 4.37. The Morgan fingerprint density at radius 3 is 2.73 bits per heavy atom. The highest BCUT2D eigenvalue weighted by Crippen LogP contribution is 2.24. The van der Waals surface area contributed by atoms with Crippen LogP contribution in [0.5, 0.6) is 0 Å². The van der Waals surface area contributed by atoms with Crippen LogP contribution in [0.2, 0.25) is 0 Å². The molecule has 26 heavy (non-hydrogen) atoms. The highest BCUT2D eigenvalue weighted by atomic mass is 35.5. The topological polar surface area (TPSA) is 101 Å². The Labute approximate surface area is 158 Å². The van der Waals surface area contributed by atoms with Crippen LogP contribution in [0, 0.1) is 17.0 Å². The van der Waals surface area contributed by atoms with Gasteiger partial charge in [-0.25, -0.2) is 13.1 Å². The van der Waals surface area contributed by atoms with Crippen LogP contribution in [-0.4, -0.2) is 26.4 Å². The third kappa shape index (κ3) is 4.21. The van der Waals surface area contributed by atoms with Gasteiger partial charge in [0.05, 0.1) is 9.82 Å². The zero-order valence-corrected chi connectivity index (χ0v) is 15.8. The fourth-order valence-electron chi connectivity index (χ4n) is 3.04. The second kappa shape index (κ2) is 8.13. The fraction of sp³-hybridized carbons (Fsp3) is 0.294. The molecule has 0 bridgehead atoms. The van der Waals surface area contributed by atoms with Gasteiger partial charge in [-0.1, -0.05) is 30.3 Å². The Morgan fingerprint density at radius 1 is 1.27 bits per heavy atom. The number of hydrogen-bond donors (Lipinski definition) is 2. The average Bonchev–Trinajstić information content (AvgIpc) is 2.60. The van der Waals surface area contributed by atoms with E-state index < -0.39 is 14.9 Å². The Morgan fingerprint density at radius 2 is 2.00 bits per heavy atom. The van der Waals surface area contributed by atoms with E-state index in [0.29, 0.717) is 5.56 Å². The largest absolute Gasteiger partial charge is 0.308 e. The molecule has 0 amide bonds. The molecule has 1 heterocycles. The number of aryl methyl sites for hydroxylation is 1. The van der Waals surface area contributed by atoms with E-state index >= 15 is 0 Å². The first-order valence-corrected chi connectivity index (χ1v) is 9.43. The molecule has 1 unspecified atom stereocenters. The Hall–Kier alpha value is -2.00. The number of rotatable bonds is 5. The molecule has 9 heteroatoms. The monoisotopic (exact) mass is 397 g/mol. The van der Waals surface area contributed by atoms with E-state index in [-0.39, 0.29) is 35.6 Å². The first-order valence-electron chi connectivity index (χ1n) is 7.94. The van der Waals surface area contributed by atoms with Crippen LogP contribution in [0.3, 0.4) is 0 Å². The first kappa shape index (κ1) is 20.3. The average molecular weight is 398 g/mol. The fourth-order valence-corrected chi connectivity index (χ4v) is 4.35. The van der Waals surface area contributed by atoms with Crippen molar-refractivity contribution in [3.05, 3.63) is 69.3 Å². The second-order valence-corrected chi connectivity index (χ2v) is 7.75. The summed E-state index contributed by atoms with van der Waals surface area (Å²) in [6.07, 6.45) is 0.906. The molecule has 0 radical (unpaired) electrons. The van der Waals surface area contributed by atoms with Crippen LogP contribution in [0.15, 0.2) is 47.4 Å². The molecule has 0 aromatic heterocycles. The number of fused-ring (bicyclic) bond motifs is 1. The summed E-state index contributed by atoms with van der Waals surface area (Å²) < 4.78 is 27.8. The number of nitrogens with zero attached hydrogens (tertiary/aromatic N) is 1. The van der Waals surface area contributed by atoms with Gasteiger partial charge in [0.15, 0.2) is 0 Å². The molecule has 0 saturated carbocycles. The maximum Gasteiger partial charge on any atom is 0.270 e. The summed E-state index contributed by atoms with van der Waals surface area (Å²) in [5, 5.41) is 14.2. The molecule has 0 aliphatic carbocycles. The van der Waals surface area contributed by atoms with Gasteiger partial charge >= 0.3 is 0 Å². The van der Waals surface area contributed by atoms with Crippen LogP contribution in [0.1, 0.15) is 22.7 Å². The smallest absolute Gasteiger partial charge is 0.270 e. The number of benzene rings is 2. The number of non-ortho nitro benzene ring substituents is 1. The highest BCUT2D eigenvalue weighted by molar-refractivity contribution is 7.89. The number of sulfonamides is 1. The van der Waals surface area contributed by atoms with Gasteiger partial charge < -0.3 is 5.32 Å². The summed E-state index contributed by atoms with van der Waals surface area (Å²) in [6.45, 7) is 2.58. The molecule has 7 nitrogen and oxygen atoms in total. The zero-order valence-electron chi connectivity index (χ0n) is 14.1. The molecule has 1 atom stereocenters. The lowest BCUT2D eigenvalue weighted by molar-refractivity contribution is -0.385. The van der Waals surface area contributed by atoms with Crippen LogP contribution in [0.25, 0.3) is 0 Å². The molecule has 3 rings (SSSR count). The summed E-state index contributed by atoms with van der Waals surface area (Å²) in [7, 11) is -3.84. The van der Waals surface area contributed by atoms with Crippen molar-refractivity contribution in [2.45, 2.75) is 24.3 Å². The van der Waals surface area contributed by atoms with Crippen molar-refractivity contribution in [1.29, 1.82) is 0 Å². The van der Waals surface area contributed by atoms with Gasteiger partial charge in [-0.05, 0) is 36.6 Å². The minimum Gasteiger partial charge on any atom is -0.308 e. The molecule has 2 aromatic carbocycles. The number of nitro groups is 1. The molecule has 1 aliphatic rings. The lowest BCUT2D eigenvalue weighted by Crippen LogP contribution is -2.39. The lowest BCUT2D eigenvalue weighted by Gasteiger charge is -2.27. The van der Waals surface area contributed by atoms with Crippen LogP contribution in [0.4, 0.5) is 5.69 Å². The summed E-state index contributed by atoms with van der Waals surface area (Å²) in [5.74, 6) is 0. The van der Waals surface area contributed by atoms with E-state index in [1.54, 1.807) is 6.92 Å². The highest BCUT2D eigenvalue weighted by Gasteiger charge is 2.24. The van der Waals surface area contributed by atoms with Crippen molar-refractivity contribution < 1.29 is 13.3 Å². The number of nitrogens with one attached hydrogen (secondary N) is 2. The lowest BCUT2D eigenvalue weighted by atomic mass is 9.95. The van der Waals surface area contributed by atoms with Gasteiger partial charge in [0.1, 0.15) is 0 Å². The van der Waals surface area contributed by atoms with Gasteiger partial charge in [-0.2, -0.15) is 0 Å². The van der Waals surface area contributed by atoms with E-state index in [1.807, 2.05) is 24.3 Å². The predicted octanol–water partition coefficient (Wildman–Crippen LogP) is 2.49. The summed E-state index contributed by atoms with van der Waals surface area (Å²) >= 11 is 0. The molecule has 0 spiro atoms. The molecule has 0 fully saturated rings. The van der Waals surface area contributed by atoms with Crippen LogP contribution in [-0.2, 0) is 16.4 Å². The Bertz CT molecular complexity index is 918. The van der Waals surface area contributed by atoms with Gasteiger partial charge in [0, 0.05) is 24.7 Å². The van der Waals surface area contributed by atoms with Gasteiger partial charge in [0.25, 0.3) is 5.69 Å². The maximum absolute atomic E-state index is 12.6. The van der Waals surface area contributed by atoms with Crippen LogP contribution >= 0.6 is 12.4 Å². The predicted molar refractivity (Wildman–Crippen MR) is 101 cm³/mol. The molecule has 1 aliphatic heterocycles. The summed E-state index contributed by atoms with van der Waals surface area (Å²) in [5.41, 5.74) is 2.51. The maximum atomic E-state index is 12.6. The molecular formula is C17H20ClN3O4S. The number of hydrogen-bond acceptors (Lipinski definition) is 5. The summed E-state index contributed by atoms with van der Waals surface area (Å²) in [4.78, 5) is 10.3. The minimum atomic E-state index is -3.84. The Balaban J connectivity index is 0.00000243. The molecule has 2 aromatic rings. The molecule has 2 N–H and O–H groups in total. The van der Waals surface area contributed by atoms with Crippen molar-refractivity contribution in [1.82, 2.24) is 10.0 Å². The normalized spacial score (nSPS) is 16.4. The van der Waals surface area contributed by atoms with Gasteiger partial charge in [-0.3, -0.25) is 10.1 Å². The standard InChI is InChI=1S/C17H19N3O4S.ClH/c1-12-6-7-14(20(21)22)10-17(12)25(23,24)19-11-16-15-5-3-2-4-13(15)8-9-18-16;/h2-7,10,16,18-19H,8-9,11H2,1H3;1H.